The van der Waals surface area contributed by atoms with Crippen molar-refractivity contribution in [3.63, 3.8) is 0 Å². The number of rotatable bonds is 3. The van der Waals surface area contributed by atoms with Gasteiger partial charge in [-0.05, 0) is 54.3 Å². The molecule has 2 N–H and O–H groups in total. The molecular weight excluding hydrogens is 268 g/mol. The third-order valence-corrected chi connectivity index (χ3v) is 3.87. The molecule has 0 aromatic heterocycles. The zero-order valence-electron chi connectivity index (χ0n) is 11.2. The smallest absolute Gasteiger partial charge is 0.335 e. The number of carbonyl (C=O) groups excluding carboxylic acids is 1. The van der Waals surface area contributed by atoms with Gasteiger partial charge in [-0.2, -0.15) is 0 Å². The third-order valence-electron chi connectivity index (χ3n) is 3.87. The lowest BCUT2D eigenvalue weighted by atomic mass is 9.95. The van der Waals surface area contributed by atoms with Gasteiger partial charge in [0.05, 0.1) is 5.56 Å². The number of carbonyl (C=O) groups is 2. The summed E-state index contributed by atoms with van der Waals surface area (Å²) in [5, 5.41) is 18.3. The van der Waals surface area contributed by atoms with E-state index in [1.165, 1.54) is 6.07 Å². The van der Waals surface area contributed by atoms with Crippen molar-refractivity contribution in [3.05, 3.63) is 64.7 Å². The zero-order chi connectivity index (χ0) is 15.0. The molecule has 1 unspecified atom stereocenters. The second kappa shape index (κ2) is 5.05. The quantitative estimate of drug-likeness (QED) is 0.907. The Kier molecular flexibility index (Phi) is 3.22. The molecular formula is C17H14O4. The maximum atomic E-state index is 12.3. The Morgan fingerprint density at radius 1 is 1.14 bits per heavy atom. The van der Waals surface area contributed by atoms with Crippen molar-refractivity contribution in [2.24, 2.45) is 5.92 Å². The van der Waals surface area contributed by atoms with Crippen molar-refractivity contribution in [3.8, 4) is 5.75 Å². The van der Waals surface area contributed by atoms with Crippen molar-refractivity contribution in [1.29, 1.82) is 0 Å². The minimum Gasteiger partial charge on any atom is -0.508 e. The summed E-state index contributed by atoms with van der Waals surface area (Å²) in [6.07, 6.45) is 1.19. The van der Waals surface area contributed by atoms with Crippen LogP contribution in [0.15, 0.2) is 42.5 Å². The molecule has 106 valence electrons. The van der Waals surface area contributed by atoms with Crippen molar-refractivity contribution in [2.75, 3.05) is 0 Å². The van der Waals surface area contributed by atoms with Gasteiger partial charge in [0.2, 0.25) is 0 Å². The van der Waals surface area contributed by atoms with Crippen LogP contribution in [0, 0.1) is 5.92 Å². The van der Waals surface area contributed by atoms with Gasteiger partial charge in [0, 0.05) is 11.5 Å². The molecule has 4 nitrogen and oxygen atoms in total. The fraction of sp³-hybridized carbons (Fsp3) is 0.176. The number of phenolic OH excluding ortho intramolecular Hbond substituents is 1. The summed E-state index contributed by atoms with van der Waals surface area (Å²) in [4.78, 5) is 23.1. The van der Waals surface area contributed by atoms with E-state index in [-0.39, 0.29) is 23.0 Å². The molecule has 2 aromatic rings. The maximum absolute atomic E-state index is 12.3. The second-order valence-corrected chi connectivity index (χ2v) is 5.31. The fourth-order valence-electron chi connectivity index (χ4n) is 2.80. The fourth-order valence-corrected chi connectivity index (χ4v) is 2.80. The van der Waals surface area contributed by atoms with E-state index >= 15 is 0 Å². The standard InChI is InChI=1S/C17H14O4/c18-14-5-6-15-12(9-14)8-13(16(15)19)7-10-1-3-11(4-2-10)17(20)21/h1-6,9,13,18H,7-8H2,(H,20,21). The molecule has 0 spiro atoms. The van der Waals surface area contributed by atoms with E-state index in [0.29, 0.717) is 18.4 Å². The monoisotopic (exact) mass is 282 g/mol. The number of carboxylic acids is 1. The normalized spacial score (nSPS) is 16.8. The Bertz CT molecular complexity index is 716. The highest BCUT2D eigenvalue weighted by atomic mass is 16.4. The molecule has 0 fully saturated rings. The Morgan fingerprint density at radius 2 is 1.86 bits per heavy atom. The van der Waals surface area contributed by atoms with Crippen LogP contribution >= 0.6 is 0 Å². The summed E-state index contributed by atoms with van der Waals surface area (Å²) >= 11 is 0. The summed E-state index contributed by atoms with van der Waals surface area (Å²) in [6, 6.07) is 11.4. The highest BCUT2D eigenvalue weighted by Crippen LogP contribution is 2.31. The van der Waals surface area contributed by atoms with Crippen LogP contribution in [0.2, 0.25) is 0 Å². The number of hydrogen-bond acceptors (Lipinski definition) is 3. The molecule has 1 aliphatic carbocycles. The largest absolute Gasteiger partial charge is 0.508 e. The van der Waals surface area contributed by atoms with Crippen LogP contribution in [0.4, 0.5) is 0 Å². The molecule has 0 aliphatic heterocycles. The first-order chi connectivity index (χ1) is 10.0. The first kappa shape index (κ1) is 13.4. The number of aromatic hydroxyl groups is 1. The summed E-state index contributed by atoms with van der Waals surface area (Å²) in [6.45, 7) is 0. The van der Waals surface area contributed by atoms with Gasteiger partial charge in [-0.1, -0.05) is 12.1 Å². The second-order valence-electron chi connectivity index (χ2n) is 5.31. The number of ketones is 1. The van der Waals surface area contributed by atoms with Gasteiger partial charge in [-0.25, -0.2) is 4.79 Å². The van der Waals surface area contributed by atoms with E-state index in [1.54, 1.807) is 36.4 Å². The van der Waals surface area contributed by atoms with Crippen LogP contribution in [-0.4, -0.2) is 22.0 Å². The highest BCUT2D eigenvalue weighted by molar-refractivity contribution is 6.02. The highest BCUT2D eigenvalue weighted by Gasteiger charge is 2.30. The van der Waals surface area contributed by atoms with Crippen molar-refractivity contribution in [1.82, 2.24) is 0 Å². The average molecular weight is 282 g/mol. The minimum absolute atomic E-state index is 0.0901. The SMILES string of the molecule is O=C(O)c1ccc(CC2Cc3cc(O)ccc3C2=O)cc1. The Hall–Kier alpha value is -2.62. The Morgan fingerprint density at radius 3 is 2.52 bits per heavy atom. The lowest BCUT2D eigenvalue weighted by Crippen LogP contribution is -2.12. The van der Waals surface area contributed by atoms with Gasteiger partial charge in [0.15, 0.2) is 5.78 Å². The lowest BCUT2D eigenvalue weighted by molar-refractivity contribution is 0.0696. The first-order valence-electron chi connectivity index (χ1n) is 6.73. The average Bonchev–Trinajstić information content (AvgIpc) is 2.75. The van der Waals surface area contributed by atoms with Gasteiger partial charge in [0.25, 0.3) is 0 Å². The zero-order valence-corrected chi connectivity index (χ0v) is 11.2. The van der Waals surface area contributed by atoms with Gasteiger partial charge in [0.1, 0.15) is 5.75 Å². The summed E-state index contributed by atoms with van der Waals surface area (Å²) in [5.74, 6) is -0.834. The van der Waals surface area contributed by atoms with Gasteiger partial charge >= 0.3 is 5.97 Å². The summed E-state index contributed by atoms with van der Waals surface area (Å²) in [5.41, 5.74) is 2.74. The number of carboxylic acid groups (broad SMARTS) is 1. The maximum Gasteiger partial charge on any atom is 0.335 e. The van der Waals surface area contributed by atoms with Crippen LogP contribution < -0.4 is 0 Å². The Labute approximate surface area is 121 Å². The van der Waals surface area contributed by atoms with Gasteiger partial charge in [-0.3, -0.25) is 4.79 Å². The number of phenols is 1. The van der Waals surface area contributed by atoms with Crippen molar-refractivity contribution in [2.45, 2.75) is 12.8 Å². The third kappa shape index (κ3) is 2.52. The van der Waals surface area contributed by atoms with E-state index in [9.17, 15) is 14.7 Å². The van der Waals surface area contributed by atoms with Gasteiger partial charge in [-0.15, -0.1) is 0 Å². The predicted molar refractivity (Wildman–Crippen MR) is 76.7 cm³/mol. The van der Waals surface area contributed by atoms with E-state index in [1.807, 2.05) is 0 Å². The number of hydrogen-bond donors (Lipinski definition) is 2. The van der Waals surface area contributed by atoms with Crippen LogP contribution in [0.5, 0.6) is 5.75 Å². The van der Waals surface area contributed by atoms with Crippen LogP contribution in [-0.2, 0) is 12.8 Å². The molecule has 0 radical (unpaired) electrons. The van der Waals surface area contributed by atoms with E-state index in [0.717, 1.165) is 11.1 Å². The van der Waals surface area contributed by atoms with E-state index < -0.39 is 5.97 Å². The van der Waals surface area contributed by atoms with Crippen LogP contribution in [0.3, 0.4) is 0 Å². The van der Waals surface area contributed by atoms with Gasteiger partial charge < -0.3 is 10.2 Å². The molecule has 0 amide bonds. The number of aromatic carboxylic acids is 1. The first-order valence-corrected chi connectivity index (χ1v) is 6.73. The van der Waals surface area contributed by atoms with Crippen LogP contribution in [0.25, 0.3) is 0 Å². The molecule has 0 saturated heterocycles. The lowest BCUT2D eigenvalue weighted by Gasteiger charge is -2.08. The van der Waals surface area contributed by atoms with Crippen molar-refractivity contribution < 1.29 is 19.8 Å². The minimum atomic E-state index is -0.957. The molecule has 0 saturated carbocycles. The summed E-state index contributed by atoms with van der Waals surface area (Å²) in [7, 11) is 0. The van der Waals surface area contributed by atoms with E-state index in [4.69, 9.17) is 5.11 Å². The topological polar surface area (TPSA) is 74.6 Å². The molecule has 21 heavy (non-hydrogen) atoms. The molecule has 0 bridgehead atoms. The van der Waals surface area contributed by atoms with E-state index in [2.05, 4.69) is 0 Å². The molecule has 3 rings (SSSR count). The number of Topliss-reactive ketones (excluding diaryl/α,β-unsaturated/α-hetero) is 1. The van der Waals surface area contributed by atoms with Crippen LogP contribution in [0.1, 0.15) is 31.8 Å². The number of fused-ring (bicyclic) bond motifs is 1. The van der Waals surface area contributed by atoms with Crippen molar-refractivity contribution >= 4 is 11.8 Å². The molecule has 0 heterocycles. The summed E-state index contributed by atoms with van der Waals surface area (Å²) < 4.78 is 0. The molecule has 1 aliphatic rings. The predicted octanol–water partition coefficient (Wildman–Crippen LogP) is 2.69. The molecule has 1 atom stereocenters. The number of benzene rings is 2. The molecule has 4 heteroatoms. The molecule has 2 aromatic carbocycles. The Balaban J connectivity index is 1.78.